The van der Waals surface area contributed by atoms with Crippen molar-refractivity contribution >= 4 is 44.3 Å². The van der Waals surface area contributed by atoms with Gasteiger partial charge in [0.25, 0.3) is 5.91 Å². The Bertz CT molecular complexity index is 1280. The van der Waals surface area contributed by atoms with E-state index < -0.39 is 0 Å². The highest BCUT2D eigenvalue weighted by molar-refractivity contribution is 9.10. The van der Waals surface area contributed by atoms with Crippen LogP contribution in [0.3, 0.4) is 0 Å². The van der Waals surface area contributed by atoms with Crippen molar-refractivity contribution in [3.8, 4) is 0 Å². The Hall–Kier alpha value is -3.25. The highest BCUT2D eigenvalue weighted by atomic mass is 79.9. The lowest BCUT2D eigenvalue weighted by molar-refractivity contribution is 0.102. The van der Waals surface area contributed by atoms with Crippen LogP contribution in [0.25, 0.3) is 11.0 Å². The van der Waals surface area contributed by atoms with Crippen LogP contribution in [0.15, 0.2) is 80.6 Å². The topological polar surface area (TPSA) is 67.5 Å². The van der Waals surface area contributed by atoms with E-state index in [1.54, 1.807) is 12.1 Å². The predicted molar refractivity (Wildman–Crippen MR) is 117 cm³/mol. The zero-order valence-corrected chi connectivity index (χ0v) is 17.5. The van der Waals surface area contributed by atoms with E-state index in [0.29, 0.717) is 22.7 Å². The van der Waals surface area contributed by atoms with Gasteiger partial charge in [0.05, 0.1) is 5.69 Å². The number of pyridine rings is 1. The number of aromatic nitrogens is 1. The molecule has 0 aliphatic heterocycles. The van der Waals surface area contributed by atoms with Gasteiger partial charge in [-0.3, -0.25) is 4.79 Å². The summed E-state index contributed by atoms with van der Waals surface area (Å²) in [6, 6.07) is 20.6. The third-order valence-electron chi connectivity index (χ3n) is 4.35. The van der Waals surface area contributed by atoms with Crippen molar-refractivity contribution in [2.24, 2.45) is 4.99 Å². The number of benzene rings is 2. The van der Waals surface area contributed by atoms with Crippen LogP contribution < -0.4 is 10.9 Å². The molecule has 0 saturated carbocycles. The SMILES string of the molecule is Cc1ccc(N=c2oc3ccc(Br)cc3cc2C(=O)Nc2cccc(C)n2)cc1. The molecule has 2 aromatic heterocycles. The summed E-state index contributed by atoms with van der Waals surface area (Å²) in [7, 11) is 0. The van der Waals surface area contributed by atoms with Crippen LogP contribution in [0, 0.1) is 13.8 Å². The van der Waals surface area contributed by atoms with E-state index in [1.165, 1.54) is 0 Å². The zero-order chi connectivity index (χ0) is 20.4. The molecule has 0 aliphatic carbocycles. The van der Waals surface area contributed by atoms with Crippen LogP contribution in [0.2, 0.25) is 0 Å². The zero-order valence-electron chi connectivity index (χ0n) is 15.9. The third-order valence-corrected chi connectivity index (χ3v) is 4.84. The minimum atomic E-state index is -0.334. The fraction of sp³-hybridized carbons (Fsp3) is 0.0870. The monoisotopic (exact) mass is 447 g/mol. The Morgan fingerprint density at radius 3 is 2.59 bits per heavy atom. The lowest BCUT2D eigenvalue weighted by Gasteiger charge is -2.07. The maximum absolute atomic E-state index is 13.0. The second-order valence-electron chi connectivity index (χ2n) is 6.71. The Labute approximate surface area is 176 Å². The summed E-state index contributed by atoms with van der Waals surface area (Å²) in [5, 5.41) is 3.63. The van der Waals surface area contributed by atoms with Crippen LogP contribution in [0.4, 0.5) is 11.5 Å². The highest BCUT2D eigenvalue weighted by Crippen LogP contribution is 2.21. The molecule has 0 saturated heterocycles. The van der Waals surface area contributed by atoms with Crippen molar-refractivity contribution < 1.29 is 9.21 Å². The van der Waals surface area contributed by atoms with Gasteiger partial charge in [-0.25, -0.2) is 9.98 Å². The standard InChI is InChI=1S/C23H18BrN3O2/c1-14-6-9-18(10-7-14)26-23-19(13-16-12-17(24)8-11-20(16)29-23)22(28)27-21-5-3-4-15(2)25-21/h3-13H,1-2H3,(H,25,27,28). The van der Waals surface area contributed by atoms with Gasteiger partial charge in [-0.15, -0.1) is 0 Å². The maximum atomic E-state index is 13.0. The number of hydrogen-bond donors (Lipinski definition) is 1. The van der Waals surface area contributed by atoms with Gasteiger partial charge < -0.3 is 9.73 Å². The van der Waals surface area contributed by atoms with Gasteiger partial charge in [-0.05, 0) is 62.4 Å². The first kappa shape index (κ1) is 19.1. The normalized spacial score (nSPS) is 11.6. The first-order chi connectivity index (χ1) is 14.0. The number of hydrogen-bond acceptors (Lipinski definition) is 4. The van der Waals surface area contributed by atoms with Crippen LogP contribution in [0.1, 0.15) is 21.6 Å². The molecule has 0 atom stereocenters. The molecule has 4 aromatic rings. The third kappa shape index (κ3) is 4.43. The smallest absolute Gasteiger partial charge is 0.262 e. The van der Waals surface area contributed by atoms with E-state index >= 15 is 0 Å². The lowest BCUT2D eigenvalue weighted by atomic mass is 10.1. The summed E-state index contributed by atoms with van der Waals surface area (Å²) in [6.45, 7) is 3.88. The summed E-state index contributed by atoms with van der Waals surface area (Å²) in [5.41, 5.74) is 3.88. The van der Waals surface area contributed by atoms with Crippen molar-refractivity contribution in [2.45, 2.75) is 13.8 Å². The van der Waals surface area contributed by atoms with E-state index in [0.717, 1.165) is 21.1 Å². The minimum Gasteiger partial charge on any atom is -0.438 e. The van der Waals surface area contributed by atoms with Crippen LogP contribution in [-0.2, 0) is 0 Å². The molecule has 1 N–H and O–H groups in total. The van der Waals surface area contributed by atoms with Gasteiger partial charge in [-0.1, -0.05) is 39.7 Å². The molecule has 1 amide bonds. The van der Waals surface area contributed by atoms with E-state index in [-0.39, 0.29) is 11.5 Å². The second kappa shape index (κ2) is 8.01. The molecule has 0 unspecified atom stereocenters. The number of rotatable bonds is 3. The molecule has 2 aromatic carbocycles. The summed E-state index contributed by atoms with van der Waals surface area (Å²) in [5.74, 6) is 0.144. The van der Waals surface area contributed by atoms with Crippen molar-refractivity contribution in [1.29, 1.82) is 0 Å². The molecule has 0 bridgehead atoms. The van der Waals surface area contributed by atoms with Crippen molar-refractivity contribution in [1.82, 2.24) is 4.98 Å². The van der Waals surface area contributed by atoms with Gasteiger partial charge in [-0.2, -0.15) is 0 Å². The fourth-order valence-corrected chi connectivity index (χ4v) is 3.26. The Balaban J connectivity index is 1.85. The van der Waals surface area contributed by atoms with E-state index in [1.807, 2.05) is 68.4 Å². The first-order valence-electron chi connectivity index (χ1n) is 9.08. The molecule has 0 spiro atoms. The number of amides is 1. The van der Waals surface area contributed by atoms with E-state index in [2.05, 4.69) is 31.2 Å². The molecule has 2 heterocycles. The predicted octanol–water partition coefficient (Wildman–Crippen LogP) is 5.69. The number of halogens is 1. The Morgan fingerprint density at radius 2 is 1.83 bits per heavy atom. The number of anilines is 1. The summed E-state index contributed by atoms with van der Waals surface area (Å²) < 4.78 is 6.89. The fourth-order valence-electron chi connectivity index (χ4n) is 2.88. The van der Waals surface area contributed by atoms with Crippen LogP contribution in [-0.4, -0.2) is 10.9 Å². The molecule has 0 radical (unpaired) electrons. The molecular formula is C23H18BrN3O2. The quantitative estimate of drug-likeness (QED) is 0.438. The molecule has 6 heteroatoms. The molecule has 0 aliphatic rings. The van der Waals surface area contributed by atoms with Gasteiger partial charge in [0, 0.05) is 15.6 Å². The molecule has 5 nitrogen and oxygen atoms in total. The van der Waals surface area contributed by atoms with Gasteiger partial charge >= 0.3 is 0 Å². The minimum absolute atomic E-state index is 0.244. The van der Waals surface area contributed by atoms with Crippen LogP contribution >= 0.6 is 15.9 Å². The Morgan fingerprint density at radius 1 is 1.03 bits per heavy atom. The van der Waals surface area contributed by atoms with E-state index in [9.17, 15) is 4.79 Å². The number of carbonyl (C=O) groups is 1. The molecular weight excluding hydrogens is 430 g/mol. The second-order valence-corrected chi connectivity index (χ2v) is 7.63. The maximum Gasteiger partial charge on any atom is 0.262 e. The van der Waals surface area contributed by atoms with Gasteiger partial charge in [0.1, 0.15) is 17.0 Å². The number of aryl methyl sites for hydroxylation is 2. The van der Waals surface area contributed by atoms with E-state index in [4.69, 9.17) is 4.42 Å². The van der Waals surface area contributed by atoms with Gasteiger partial charge in [0.15, 0.2) is 0 Å². The summed E-state index contributed by atoms with van der Waals surface area (Å²) >= 11 is 3.46. The largest absolute Gasteiger partial charge is 0.438 e. The van der Waals surface area contributed by atoms with Crippen LogP contribution in [0.5, 0.6) is 0 Å². The average Bonchev–Trinajstić information content (AvgIpc) is 2.69. The number of nitrogens with one attached hydrogen (secondary N) is 1. The molecule has 4 rings (SSSR count). The highest BCUT2D eigenvalue weighted by Gasteiger charge is 2.14. The van der Waals surface area contributed by atoms with Crippen molar-refractivity contribution in [2.75, 3.05) is 5.32 Å². The Kier molecular flexibility index (Phi) is 5.27. The molecule has 29 heavy (non-hydrogen) atoms. The summed E-state index contributed by atoms with van der Waals surface area (Å²) in [6.07, 6.45) is 0. The molecule has 0 fully saturated rings. The molecule has 144 valence electrons. The summed E-state index contributed by atoms with van der Waals surface area (Å²) in [4.78, 5) is 21.9. The van der Waals surface area contributed by atoms with Crippen molar-refractivity contribution in [3.05, 3.63) is 93.6 Å². The average molecular weight is 448 g/mol. The number of nitrogens with zero attached hydrogens (tertiary/aromatic N) is 2. The first-order valence-corrected chi connectivity index (χ1v) is 9.87. The lowest BCUT2D eigenvalue weighted by Crippen LogP contribution is -2.22. The number of fused-ring (bicyclic) bond motifs is 1. The van der Waals surface area contributed by atoms with Gasteiger partial charge in [0.2, 0.25) is 5.55 Å². The van der Waals surface area contributed by atoms with Crippen molar-refractivity contribution in [3.63, 3.8) is 0 Å². The number of carbonyl (C=O) groups excluding carboxylic acids is 1.